The summed E-state index contributed by atoms with van der Waals surface area (Å²) in [6.07, 6.45) is 3.19. The van der Waals surface area contributed by atoms with Crippen LogP contribution in [0.25, 0.3) is 0 Å². The van der Waals surface area contributed by atoms with Crippen LogP contribution in [0.3, 0.4) is 0 Å². The molecule has 3 aromatic rings. The number of aromatic hydroxyl groups is 1. The number of pyridine rings is 1. The van der Waals surface area contributed by atoms with E-state index in [0.29, 0.717) is 18.7 Å². The van der Waals surface area contributed by atoms with Crippen molar-refractivity contribution in [3.8, 4) is 5.75 Å². The van der Waals surface area contributed by atoms with Crippen molar-refractivity contribution in [1.82, 2.24) is 10.3 Å². The zero-order valence-corrected chi connectivity index (χ0v) is 13.6. The number of amides is 1. The molecule has 0 aliphatic carbocycles. The molecule has 0 radical (unpaired) electrons. The molecule has 126 valence electrons. The molecular formula is C20H19N3O2. The lowest BCUT2D eigenvalue weighted by molar-refractivity contribution is 0.102. The zero-order chi connectivity index (χ0) is 17.5. The SMILES string of the molecule is O=C(Nc1ccc(CNCc2cccc(O)c2)cc1)c1ccncc1. The fourth-order valence-corrected chi connectivity index (χ4v) is 2.43. The van der Waals surface area contributed by atoms with Gasteiger partial charge in [0.1, 0.15) is 5.75 Å². The summed E-state index contributed by atoms with van der Waals surface area (Å²) in [5.41, 5.74) is 3.47. The van der Waals surface area contributed by atoms with Crippen LogP contribution in [-0.4, -0.2) is 16.0 Å². The van der Waals surface area contributed by atoms with Gasteiger partial charge in [0.25, 0.3) is 5.91 Å². The van der Waals surface area contributed by atoms with Crippen molar-refractivity contribution in [3.05, 3.63) is 89.7 Å². The standard InChI is InChI=1S/C20H19N3O2/c24-19-3-1-2-16(12-19)14-22-13-15-4-6-18(7-5-15)23-20(25)17-8-10-21-11-9-17/h1-12,22,24H,13-14H2,(H,23,25). The van der Waals surface area contributed by atoms with Crippen LogP contribution in [-0.2, 0) is 13.1 Å². The lowest BCUT2D eigenvalue weighted by Gasteiger charge is -2.08. The average Bonchev–Trinajstić information content (AvgIpc) is 2.64. The summed E-state index contributed by atoms with van der Waals surface area (Å²) in [7, 11) is 0. The van der Waals surface area contributed by atoms with Gasteiger partial charge in [-0.2, -0.15) is 0 Å². The Hall–Kier alpha value is -3.18. The highest BCUT2D eigenvalue weighted by atomic mass is 16.3. The van der Waals surface area contributed by atoms with Crippen LogP contribution in [0.15, 0.2) is 73.1 Å². The fourth-order valence-electron chi connectivity index (χ4n) is 2.43. The quantitative estimate of drug-likeness (QED) is 0.647. The number of anilines is 1. The van der Waals surface area contributed by atoms with Gasteiger partial charge in [-0.25, -0.2) is 0 Å². The summed E-state index contributed by atoms with van der Waals surface area (Å²) in [5, 5.41) is 15.6. The van der Waals surface area contributed by atoms with Crippen LogP contribution in [0.1, 0.15) is 21.5 Å². The predicted octanol–water partition coefficient (Wildman–Crippen LogP) is 3.33. The van der Waals surface area contributed by atoms with E-state index >= 15 is 0 Å². The Kier molecular flexibility index (Phi) is 5.39. The first-order valence-electron chi connectivity index (χ1n) is 8.00. The van der Waals surface area contributed by atoms with Gasteiger partial charge in [0.05, 0.1) is 0 Å². The Morgan fingerprint density at radius 2 is 1.64 bits per heavy atom. The number of hydrogen-bond acceptors (Lipinski definition) is 4. The molecular weight excluding hydrogens is 314 g/mol. The van der Waals surface area contributed by atoms with Gasteiger partial charge >= 0.3 is 0 Å². The second kappa shape index (κ2) is 8.08. The second-order valence-electron chi connectivity index (χ2n) is 5.66. The van der Waals surface area contributed by atoms with Crippen molar-refractivity contribution in [2.75, 3.05) is 5.32 Å². The van der Waals surface area contributed by atoms with Crippen LogP contribution in [0.2, 0.25) is 0 Å². The summed E-state index contributed by atoms with van der Waals surface area (Å²) < 4.78 is 0. The number of carbonyl (C=O) groups is 1. The molecule has 0 aliphatic heterocycles. The van der Waals surface area contributed by atoms with E-state index in [0.717, 1.165) is 16.8 Å². The maximum atomic E-state index is 12.1. The van der Waals surface area contributed by atoms with E-state index in [4.69, 9.17) is 0 Å². The predicted molar refractivity (Wildman–Crippen MR) is 97.3 cm³/mol. The van der Waals surface area contributed by atoms with Gasteiger partial charge in [0, 0.05) is 36.7 Å². The second-order valence-corrected chi connectivity index (χ2v) is 5.66. The smallest absolute Gasteiger partial charge is 0.255 e. The van der Waals surface area contributed by atoms with E-state index in [1.807, 2.05) is 36.4 Å². The summed E-state index contributed by atoms with van der Waals surface area (Å²) in [4.78, 5) is 16.0. The molecule has 0 aliphatic rings. The maximum absolute atomic E-state index is 12.1. The fraction of sp³-hybridized carbons (Fsp3) is 0.100. The molecule has 0 unspecified atom stereocenters. The molecule has 3 rings (SSSR count). The number of carbonyl (C=O) groups excluding carboxylic acids is 1. The number of nitrogens with zero attached hydrogens (tertiary/aromatic N) is 1. The Labute approximate surface area is 146 Å². The van der Waals surface area contributed by atoms with Gasteiger partial charge in [-0.1, -0.05) is 24.3 Å². The van der Waals surface area contributed by atoms with Gasteiger partial charge in [0.15, 0.2) is 0 Å². The highest BCUT2D eigenvalue weighted by molar-refractivity contribution is 6.04. The van der Waals surface area contributed by atoms with Crippen LogP contribution in [0, 0.1) is 0 Å². The van der Waals surface area contributed by atoms with Crippen LogP contribution in [0.4, 0.5) is 5.69 Å². The Bertz CT molecular complexity index is 833. The molecule has 25 heavy (non-hydrogen) atoms. The van der Waals surface area contributed by atoms with E-state index in [-0.39, 0.29) is 11.7 Å². The Balaban J connectivity index is 1.51. The molecule has 0 bridgehead atoms. The molecule has 0 saturated carbocycles. The lowest BCUT2D eigenvalue weighted by atomic mass is 10.1. The van der Waals surface area contributed by atoms with E-state index in [1.54, 1.807) is 36.7 Å². The van der Waals surface area contributed by atoms with Gasteiger partial charge < -0.3 is 15.7 Å². The van der Waals surface area contributed by atoms with Crippen molar-refractivity contribution in [2.45, 2.75) is 13.1 Å². The molecule has 1 aromatic heterocycles. The maximum Gasteiger partial charge on any atom is 0.255 e. The minimum atomic E-state index is -0.155. The Morgan fingerprint density at radius 3 is 2.36 bits per heavy atom. The van der Waals surface area contributed by atoms with Gasteiger partial charge in [-0.05, 0) is 47.5 Å². The van der Waals surface area contributed by atoms with E-state index in [1.165, 1.54) is 0 Å². The number of benzene rings is 2. The summed E-state index contributed by atoms with van der Waals surface area (Å²) in [6.45, 7) is 1.38. The molecule has 0 fully saturated rings. The van der Waals surface area contributed by atoms with Crippen LogP contribution < -0.4 is 10.6 Å². The molecule has 0 spiro atoms. The number of phenolic OH excluding ortho intramolecular Hbond substituents is 1. The molecule has 5 nitrogen and oxygen atoms in total. The first-order chi connectivity index (χ1) is 12.2. The highest BCUT2D eigenvalue weighted by Crippen LogP contribution is 2.13. The van der Waals surface area contributed by atoms with E-state index < -0.39 is 0 Å². The minimum absolute atomic E-state index is 0.155. The highest BCUT2D eigenvalue weighted by Gasteiger charge is 2.05. The molecule has 0 atom stereocenters. The number of phenols is 1. The number of hydrogen-bond donors (Lipinski definition) is 3. The number of aromatic nitrogens is 1. The molecule has 2 aromatic carbocycles. The molecule has 0 saturated heterocycles. The topological polar surface area (TPSA) is 74.2 Å². The van der Waals surface area contributed by atoms with Gasteiger partial charge in [0.2, 0.25) is 0 Å². The van der Waals surface area contributed by atoms with E-state index in [9.17, 15) is 9.90 Å². The van der Waals surface area contributed by atoms with Crippen LogP contribution in [0.5, 0.6) is 5.75 Å². The first kappa shape index (κ1) is 16.7. The lowest BCUT2D eigenvalue weighted by Crippen LogP contribution is -2.13. The van der Waals surface area contributed by atoms with Crippen LogP contribution >= 0.6 is 0 Å². The molecule has 1 heterocycles. The molecule has 3 N–H and O–H groups in total. The Morgan fingerprint density at radius 1 is 0.920 bits per heavy atom. The minimum Gasteiger partial charge on any atom is -0.508 e. The summed E-state index contributed by atoms with van der Waals surface area (Å²) >= 11 is 0. The van der Waals surface area contributed by atoms with Crippen molar-refractivity contribution in [3.63, 3.8) is 0 Å². The first-order valence-corrected chi connectivity index (χ1v) is 8.00. The monoisotopic (exact) mass is 333 g/mol. The molecule has 5 heteroatoms. The third-order valence-corrected chi connectivity index (χ3v) is 3.72. The van der Waals surface area contributed by atoms with Gasteiger partial charge in [-0.3, -0.25) is 9.78 Å². The average molecular weight is 333 g/mol. The van der Waals surface area contributed by atoms with Crippen molar-refractivity contribution >= 4 is 11.6 Å². The summed E-state index contributed by atoms with van der Waals surface area (Å²) in [5.74, 6) is 0.116. The van der Waals surface area contributed by atoms with Crippen molar-refractivity contribution < 1.29 is 9.90 Å². The third-order valence-electron chi connectivity index (χ3n) is 3.72. The van der Waals surface area contributed by atoms with Crippen molar-refractivity contribution in [1.29, 1.82) is 0 Å². The van der Waals surface area contributed by atoms with E-state index in [2.05, 4.69) is 15.6 Å². The largest absolute Gasteiger partial charge is 0.508 e. The van der Waals surface area contributed by atoms with Crippen molar-refractivity contribution in [2.24, 2.45) is 0 Å². The number of rotatable bonds is 6. The normalized spacial score (nSPS) is 10.4. The zero-order valence-electron chi connectivity index (χ0n) is 13.6. The number of nitrogens with one attached hydrogen (secondary N) is 2. The molecule has 1 amide bonds. The third kappa shape index (κ3) is 4.89. The van der Waals surface area contributed by atoms with Gasteiger partial charge in [-0.15, -0.1) is 0 Å². The summed E-state index contributed by atoms with van der Waals surface area (Å²) in [6, 6.07) is 18.2.